The fraction of sp³-hybridized carbons (Fsp3) is 0.111. The van der Waals surface area contributed by atoms with E-state index in [0.717, 1.165) is 5.56 Å². The average molecular weight is 482 g/mol. The Morgan fingerprint density at radius 3 is 2.50 bits per heavy atom. The number of fused-ring (bicyclic) bond motifs is 1. The van der Waals surface area contributed by atoms with Gasteiger partial charge in [-0.1, -0.05) is 30.3 Å². The molecular weight excluding hydrogens is 458 g/mol. The number of ether oxygens (including phenoxy) is 1. The number of rotatable bonds is 8. The maximum absolute atomic E-state index is 12.6. The summed E-state index contributed by atoms with van der Waals surface area (Å²) < 4.78 is 5.27. The molecule has 0 aliphatic rings. The van der Waals surface area contributed by atoms with Crippen molar-refractivity contribution in [3.05, 3.63) is 104 Å². The van der Waals surface area contributed by atoms with Gasteiger partial charge in [0.2, 0.25) is 0 Å². The Kier molecular flexibility index (Phi) is 5.95. The molecule has 4 N–H and O–H groups in total. The number of H-pyrrole nitrogens is 1. The van der Waals surface area contributed by atoms with Gasteiger partial charge < -0.3 is 20.7 Å². The molecule has 9 heteroatoms. The highest BCUT2D eigenvalue weighted by atomic mass is 16.5. The summed E-state index contributed by atoms with van der Waals surface area (Å²) in [6.07, 6.45) is 0. The first-order valence-electron chi connectivity index (χ1n) is 11.3. The van der Waals surface area contributed by atoms with E-state index in [-0.39, 0.29) is 23.3 Å². The third-order valence-electron chi connectivity index (χ3n) is 5.97. The Bertz CT molecular complexity index is 1630. The monoisotopic (exact) mass is 481 g/mol. The number of nitrogens with zero attached hydrogens (tertiary/aromatic N) is 1. The van der Waals surface area contributed by atoms with Crippen LogP contribution in [-0.2, 0) is 0 Å². The third-order valence-corrected chi connectivity index (χ3v) is 5.97. The minimum absolute atomic E-state index is 0.187. The molecule has 0 aliphatic heterocycles. The number of hydrogen-bond donors (Lipinski definition) is 4. The highest BCUT2D eigenvalue weighted by Crippen LogP contribution is 2.29. The number of nitrogens with one attached hydrogen (secondary N) is 4. The lowest BCUT2D eigenvalue weighted by Gasteiger charge is -2.20. The van der Waals surface area contributed by atoms with E-state index in [1.54, 1.807) is 49.6 Å². The summed E-state index contributed by atoms with van der Waals surface area (Å²) in [5.41, 5.74) is 1.93. The number of aromatic amines is 1. The van der Waals surface area contributed by atoms with Gasteiger partial charge in [-0.15, -0.1) is 0 Å². The van der Waals surface area contributed by atoms with Crippen molar-refractivity contribution in [2.75, 3.05) is 23.1 Å². The van der Waals surface area contributed by atoms with Crippen LogP contribution in [0.2, 0.25) is 0 Å². The van der Waals surface area contributed by atoms with Crippen molar-refractivity contribution in [2.24, 2.45) is 0 Å². The molecule has 180 valence electrons. The van der Waals surface area contributed by atoms with E-state index in [0.29, 0.717) is 33.7 Å². The second-order valence-electron chi connectivity index (χ2n) is 8.33. The summed E-state index contributed by atoms with van der Waals surface area (Å²) in [5.74, 6) is 0.772. The Morgan fingerprint density at radius 1 is 0.944 bits per heavy atom. The summed E-state index contributed by atoms with van der Waals surface area (Å²) in [6.45, 7) is 1.90. The minimum atomic E-state index is -0.597. The van der Waals surface area contributed by atoms with Crippen LogP contribution in [0.25, 0.3) is 10.9 Å². The summed E-state index contributed by atoms with van der Waals surface area (Å²) in [5, 5.41) is 16.7. The lowest BCUT2D eigenvalue weighted by molar-refractivity contribution is 0.102. The van der Waals surface area contributed by atoms with Crippen molar-refractivity contribution in [1.29, 1.82) is 0 Å². The topological polar surface area (TPSA) is 125 Å². The molecular formula is C27H23N5O4. The molecule has 0 aliphatic carbocycles. The number of benzene rings is 3. The van der Waals surface area contributed by atoms with Crippen molar-refractivity contribution in [3.8, 4) is 5.75 Å². The quantitative estimate of drug-likeness (QED) is 0.243. The van der Waals surface area contributed by atoms with Gasteiger partial charge in [-0.05, 0) is 55.0 Å². The van der Waals surface area contributed by atoms with Crippen molar-refractivity contribution in [1.82, 2.24) is 10.2 Å². The molecule has 5 aromatic rings. The molecule has 1 amide bonds. The van der Waals surface area contributed by atoms with Crippen molar-refractivity contribution >= 4 is 39.7 Å². The Morgan fingerprint density at radius 2 is 1.72 bits per heavy atom. The predicted octanol–water partition coefficient (Wildman–Crippen LogP) is 4.34. The summed E-state index contributed by atoms with van der Waals surface area (Å²) >= 11 is 0. The van der Waals surface area contributed by atoms with Crippen LogP contribution in [0.4, 0.5) is 22.9 Å². The van der Waals surface area contributed by atoms with Gasteiger partial charge in [-0.3, -0.25) is 19.5 Å². The number of anilines is 4. The molecule has 4 aromatic carbocycles. The summed E-state index contributed by atoms with van der Waals surface area (Å²) in [4.78, 5) is 37.3. The zero-order chi connectivity index (χ0) is 25.2. The summed E-state index contributed by atoms with van der Waals surface area (Å²) in [7, 11) is 1.59. The molecule has 0 unspecified atom stereocenters. The first-order chi connectivity index (χ1) is 17.4. The highest BCUT2D eigenvalue weighted by Gasteiger charge is 2.23. The van der Waals surface area contributed by atoms with Crippen LogP contribution in [0.15, 0.2) is 82.4 Å². The van der Waals surface area contributed by atoms with Crippen LogP contribution in [0.3, 0.4) is 0 Å². The fourth-order valence-corrected chi connectivity index (χ4v) is 3.96. The lowest BCUT2D eigenvalue weighted by Crippen LogP contribution is -2.37. The number of amides is 1. The van der Waals surface area contributed by atoms with Crippen LogP contribution in [0, 0.1) is 0 Å². The first-order valence-corrected chi connectivity index (χ1v) is 11.3. The molecule has 0 saturated heterocycles. The first kappa shape index (κ1) is 22.9. The predicted molar refractivity (Wildman–Crippen MR) is 140 cm³/mol. The SMILES string of the molecule is COc1cccc([C@@H](C)Nc2c(Nc3ccc4[nH]nc(NC(=O)c5ccccc5)c4c3)c(=O)c2=O)c1. The second-order valence-corrected chi connectivity index (χ2v) is 8.33. The summed E-state index contributed by atoms with van der Waals surface area (Å²) in [6, 6.07) is 21.4. The average Bonchev–Trinajstić information content (AvgIpc) is 3.32. The van der Waals surface area contributed by atoms with Gasteiger partial charge in [0.25, 0.3) is 16.8 Å². The van der Waals surface area contributed by atoms with Gasteiger partial charge in [0.1, 0.15) is 17.1 Å². The van der Waals surface area contributed by atoms with Crippen molar-refractivity contribution in [2.45, 2.75) is 13.0 Å². The molecule has 5 rings (SSSR count). The zero-order valence-corrected chi connectivity index (χ0v) is 19.6. The third kappa shape index (κ3) is 4.29. The van der Waals surface area contributed by atoms with Gasteiger partial charge in [0.05, 0.1) is 12.6 Å². The van der Waals surface area contributed by atoms with Crippen molar-refractivity contribution < 1.29 is 9.53 Å². The van der Waals surface area contributed by atoms with Crippen LogP contribution >= 0.6 is 0 Å². The number of aromatic nitrogens is 2. The smallest absolute Gasteiger partial charge is 0.256 e. The number of carbonyl (C=O) groups excluding carboxylic acids is 1. The molecule has 36 heavy (non-hydrogen) atoms. The molecule has 0 radical (unpaired) electrons. The molecule has 9 nitrogen and oxygen atoms in total. The van der Waals surface area contributed by atoms with Gasteiger partial charge in [-0.25, -0.2) is 0 Å². The lowest BCUT2D eigenvalue weighted by atomic mass is 10.1. The van der Waals surface area contributed by atoms with Gasteiger partial charge in [-0.2, -0.15) is 5.10 Å². The molecule has 0 bridgehead atoms. The molecule has 1 atom stereocenters. The van der Waals surface area contributed by atoms with E-state index in [1.165, 1.54) is 0 Å². The van der Waals surface area contributed by atoms with Crippen molar-refractivity contribution in [3.63, 3.8) is 0 Å². The minimum Gasteiger partial charge on any atom is -0.497 e. The maximum Gasteiger partial charge on any atom is 0.256 e. The fourth-order valence-electron chi connectivity index (χ4n) is 3.96. The van der Waals surface area contributed by atoms with Crippen LogP contribution in [0.5, 0.6) is 5.75 Å². The Balaban J connectivity index is 1.37. The van der Waals surface area contributed by atoms with Gasteiger partial charge >= 0.3 is 0 Å². The molecule has 0 fully saturated rings. The highest BCUT2D eigenvalue weighted by molar-refractivity contribution is 6.08. The Labute approximate surface area is 205 Å². The number of carbonyl (C=O) groups is 1. The molecule has 1 heterocycles. The normalized spacial score (nSPS) is 11.8. The largest absolute Gasteiger partial charge is 0.497 e. The molecule has 1 aromatic heterocycles. The van der Waals surface area contributed by atoms with Gasteiger partial charge in [0, 0.05) is 22.7 Å². The second kappa shape index (κ2) is 9.38. The number of hydrogen-bond acceptors (Lipinski definition) is 7. The van der Waals surface area contributed by atoms with Gasteiger partial charge in [0.15, 0.2) is 5.82 Å². The maximum atomic E-state index is 12.6. The molecule has 0 saturated carbocycles. The van der Waals surface area contributed by atoms with Crippen LogP contribution in [0.1, 0.15) is 28.9 Å². The van der Waals surface area contributed by atoms with E-state index in [2.05, 4.69) is 26.1 Å². The van der Waals surface area contributed by atoms with E-state index in [4.69, 9.17) is 4.74 Å². The van der Waals surface area contributed by atoms with E-state index in [9.17, 15) is 14.4 Å². The van der Waals surface area contributed by atoms with E-state index >= 15 is 0 Å². The number of methoxy groups -OCH3 is 1. The zero-order valence-electron chi connectivity index (χ0n) is 19.6. The van der Waals surface area contributed by atoms with E-state index in [1.807, 2.05) is 37.3 Å². The van der Waals surface area contributed by atoms with Crippen LogP contribution < -0.4 is 31.5 Å². The Hall–Kier alpha value is -4.92. The van der Waals surface area contributed by atoms with Crippen LogP contribution in [-0.4, -0.2) is 23.2 Å². The standard InChI is InChI=1S/C27H23N5O4/c1-15(17-9-6-10-19(13-17)36-2)28-22-23(25(34)24(22)33)29-18-11-12-21-20(14-18)26(32-31-21)30-27(35)16-7-4-3-5-8-16/h3-15,28-29H,1-2H3,(H2,30,31,32,35)/t15-/m1/s1. The van der Waals surface area contributed by atoms with E-state index < -0.39 is 10.9 Å². The molecule has 0 spiro atoms.